The molecule has 0 radical (unpaired) electrons. The van der Waals surface area contributed by atoms with Gasteiger partial charge < -0.3 is 19.5 Å². The fraction of sp³-hybridized carbons (Fsp3) is 0.308. The molecular formula is C26H29NO5. The number of carboxylic acids is 1. The van der Waals surface area contributed by atoms with E-state index in [9.17, 15) is 9.59 Å². The summed E-state index contributed by atoms with van der Waals surface area (Å²) < 4.78 is 10.7. The number of carboxylic acid groups (broad SMARTS) is 1. The van der Waals surface area contributed by atoms with Gasteiger partial charge in [-0.2, -0.15) is 0 Å². The number of aliphatic carboxylic acids is 1. The second kappa shape index (κ2) is 10.3. The van der Waals surface area contributed by atoms with Crippen molar-refractivity contribution in [3.05, 3.63) is 83.6 Å². The minimum atomic E-state index is -1.22. The number of Topliss-reactive ketones (excluding diaryl/α,β-unsaturated/α-hetero) is 1. The number of carbonyl (C=O) groups is 2. The van der Waals surface area contributed by atoms with Gasteiger partial charge in [0.05, 0.1) is 19.8 Å². The standard InChI is InChI=1S/C26H29NO5/c1-26(2,25(29)30)32-18-20-13-11-19(12-14-20)7-5-15-27-16-6-10-23(27)24(28)21-8-4-9-22(17-21)31-3/h4-9,11-14,16-17,23H,10,15,18H2,1-3H3,(H,29,30)/b7-5+. The van der Waals surface area contributed by atoms with E-state index in [0.29, 0.717) is 24.3 Å². The van der Waals surface area contributed by atoms with Gasteiger partial charge in [-0.25, -0.2) is 4.79 Å². The van der Waals surface area contributed by atoms with Gasteiger partial charge in [0, 0.05) is 12.1 Å². The Morgan fingerprint density at radius 2 is 1.94 bits per heavy atom. The molecule has 0 fully saturated rings. The van der Waals surface area contributed by atoms with Gasteiger partial charge in [0.2, 0.25) is 0 Å². The van der Waals surface area contributed by atoms with Crippen molar-refractivity contribution in [3.8, 4) is 5.75 Å². The van der Waals surface area contributed by atoms with Crippen molar-refractivity contribution in [1.29, 1.82) is 0 Å². The topological polar surface area (TPSA) is 76.1 Å². The molecule has 32 heavy (non-hydrogen) atoms. The van der Waals surface area contributed by atoms with Gasteiger partial charge in [-0.15, -0.1) is 0 Å². The molecule has 3 rings (SSSR count). The van der Waals surface area contributed by atoms with Crippen LogP contribution in [0, 0.1) is 0 Å². The van der Waals surface area contributed by atoms with Crippen LogP contribution in [0.1, 0.15) is 41.8 Å². The van der Waals surface area contributed by atoms with E-state index in [1.807, 2.05) is 71.8 Å². The predicted octanol–water partition coefficient (Wildman–Crippen LogP) is 4.56. The van der Waals surface area contributed by atoms with Crippen molar-refractivity contribution in [1.82, 2.24) is 4.90 Å². The summed E-state index contributed by atoms with van der Waals surface area (Å²) in [5, 5.41) is 9.12. The minimum absolute atomic E-state index is 0.0796. The van der Waals surface area contributed by atoms with E-state index >= 15 is 0 Å². The molecule has 2 aromatic rings. The summed E-state index contributed by atoms with van der Waals surface area (Å²) in [6, 6.07) is 14.8. The number of methoxy groups -OCH3 is 1. The van der Waals surface area contributed by atoms with E-state index < -0.39 is 11.6 Å². The Balaban J connectivity index is 1.56. The summed E-state index contributed by atoms with van der Waals surface area (Å²) in [4.78, 5) is 26.1. The summed E-state index contributed by atoms with van der Waals surface area (Å²) in [5.41, 5.74) is 1.35. The molecule has 0 aliphatic carbocycles. The predicted molar refractivity (Wildman–Crippen MR) is 124 cm³/mol. The quantitative estimate of drug-likeness (QED) is 0.552. The maximum Gasteiger partial charge on any atom is 0.335 e. The van der Waals surface area contributed by atoms with E-state index in [4.69, 9.17) is 14.6 Å². The van der Waals surface area contributed by atoms with Crippen LogP contribution in [0.25, 0.3) is 6.08 Å². The summed E-state index contributed by atoms with van der Waals surface area (Å²) in [6.07, 6.45) is 8.71. The number of ketones is 1. The zero-order valence-corrected chi connectivity index (χ0v) is 18.7. The van der Waals surface area contributed by atoms with Gasteiger partial charge in [0.15, 0.2) is 11.4 Å². The number of ether oxygens (including phenoxy) is 2. The monoisotopic (exact) mass is 435 g/mol. The van der Waals surface area contributed by atoms with Crippen LogP contribution >= 0.6 is 0 Å². The Kier molecular flexibility index (Phi) is 7.49. The molecule has 1 aliphatic rings. The van der Waals surface area contributed by atoms with Crippen molar-refractivity contribution in [2.24, 2.45) is 0 Å². The lowest BCUT2D eigenvalue weighted by Gasteiger charge is -2.23. The maximum atomic E-state index is 13.0. The molecule has 1 N–H and O–H groups in total. The number of hydrogen-bond donors (Lipinski definition) is 1. The third-order valence-corrected chi connectivity index (χ3v) is 5.43. The van der Waals surface area contributed by atoms with Gasteiger partial charge >= 0.3 is 5.97 Å². The van der Waals surface area contributed by atoms with Crippen LogP contribution in [0.15, 0.2) is 66.9 Å². The number of benzene rings is 2. The Bertz CT molecular complexity index is 1010. The van der Waals surface area contributed by atoms with Gasteiger partial charge in [-0.05, 0) is 49.7 Å². The van der Waals surface area contributed by atoms with Crippen molar-refractivity contribution in [2.45, 2.75) is 38.5 Å². The number of hydrogen-bond acceptors (Lipinski definition) is 5. The van der Waals surface area contributed by atoms with Crippen molar-refractivity contribution in [3.63, 3.8) is 0 Å². The molecule has 0 spiro atoms. The summed E-state index contributed by atoms with van der Waals surface area (Å²) in [6.45, 7) is 3.92. The van der Waals surface area contributed by atoms with Crippen LogP contribution in [0.3, 0.4) is 0 Å². The van der Waals surface area contributed by atoms with Crippen LogP contribution in [-0.2, 0) is 16.1 Å². The van der Waals surface area contributed by atoms with Crippen LogP contribution in [0.5, 0.6) is 5.75 Å². The van der Waals surface area contributed by atoms with E-state index in [1.54, 1.807) is 13.2 Å². The minimum Gasteiger partial charge on any atom is -0.497 e. The van der Waals surface area contributed by atoms with Crippen LogP contribution in [0.4, 0.5) is 0 Å². The average Bonchev–Trinajstić information content (AvgIpc) is 3.26. The molecule has 1 aliphatic heterocycles. The molecule has 0 amide bonds. The van der Waals surface area contributed by atoms with Crippen molar-refractivity contribution in [2.75, 3.05) is 13.7 Å². The molecular weight excluding hydrogens is 406 g/mol. The van der Waals surface area contributed by atoms with E-state index in [0.717, 1.165) is 11.1 Å². The molecule has 0 aromatic heterocycles. The Labute approximate surface area is 188 Å². The first-order valence-electron chi connectivity index (χ1n) is 10.5. The largest absolute Gasteiger partial charge is 0.497 e. The summed E-state index contributed by atoms with van der Waals surface area (Å²) >= 11 is 0. The number of nitrogens with zero attached hydrogens (tertiary/aromatic N) is 1. The van der Waals surface area contributed by atoms with Crippen LogP contribution < -0.4 is 4.74 Å². The maximum absolute atomic E-state index is 13.0. The first-order chi connectivity index (χ1) is 15.3. The number of rotatable bonds is 10. The molecule has 2 aromatic carbocycles. The third-order valence-electron chi connectivity index (χ3n) is 5.43. The molecule has 6 nitrogen and oxygen atoms in total. The Morgan fingerprint density at radius 3 is 2.62 bits per heavy atom. The van der Waals surface area contributed by atoms with Gasteiger partial charge in [0.25, 0.3) is 0 Å². The SMILES string of the molecule is COc1cccc(C(=O)C2CC=CN2C/C=C/c2ccc(COC(C)(C)C(=O)O)cc2)c1. The lowest BCUT2D eigenvalue weighted by Crippen LogP contribution is -2.34. The molecule has 0 bridgehead atoms. The fourth-order valence-electron chi connectivity index (χ4n) is 3.34. The van der Waals surface area contributed by atoms with Gasteiger partial charge in [-0.1, -0.05) is 54.6 Å². The average molecular weight is 436 g/mol. The fourth-order valence-corrected chi connectivity index (χ4v) is 3.34. The lowest BCUT2D eigenvalue weighted by molar-refractivity contribution is -0.162. The van der Waals surface area contributed by atoms with Crippen LogP contribution in [-0.4, -0.2) is 47.1 Å². The Morgan fingerprint density at radius 1 is 1.19 bits per heavy atom. The van der Waals surface area contributed by atoms with Gasteiger partial charge in [-0.3, -0.25) is 4.79 Å². The molecule has 1 unspecified atom stereocenters. The Hall–Kier alpha value is -3.38. The molecule has 168 valence electrons. The normalized spacial score (nSPS) is 16.0. The summed E-state index contributed by atoms with van der Waals surface area (Å²) in [5.74, 6) is -0.235. The first-order valence-corrected chi connectivity index (χ1v) is 10.5. The van der Waals surface area contributed by atoms with E-state index in [1.165, 1.54) is 13.8 Å². The lowest BCUT2D eigenvalue weighted by atomic mass is 10.0. The summed E-state index contributed by atoms with van der Waals surface area (Å²) in [7, 11) is 1.59. The zero-order chi connectivity index (χ0) is 23.1. The molecule has 0 saturated heterocycles. The highest BCUT2D eigenvalue weighted by Crippen LogP contribution is 2.22. The third kappa shape index (κ3) is 5.86. The second-order valence-electron chi connectivity index (χ2n) is 8.18. The van der Waals surface area contributed by atoms with Crippen molar-refractivity contribution >= 4 is 17.8 Å². The molecule has 1 atom stereocenters. The van der Waals surface area contributed by atoms with E-state index in [-0.39, 0.29) is 18.4 Å². The first kappa shape index (κ1) is 23.3. The molecule has 0 saturated carbocycles. The van der Waals surface area contributed by atoms with E-state index in [2.05, 4.69) is 0 Å². The highest BCUT2D eigenvalue weighted by Gasteiger charge is 2.28. The highest BCUT2D eigenvalue weighted by atomic mass is 16.5. The molecule has 6 heteroatoms. The molecule has 1 heterocycles. The zero-order valence-electron chi connectivity index (χ0n) is 18.7. The number of carbonyl (C=O) groups excluding carboxylic acids is 1. The van der Waals surface area contributed by atoms with Gasteiger partial charge in [0.1, 0.15) is 5.75 Å². The van der Waals surface area contributed by atoms with Crippen LogP contribution in [0.2, 0.25) is 0 Å². The highest BCUT2D eigenvalue weighted by molar-refractivity contribution is 6.00. The van der Waals surface area contributed by atoms with Crippen molar-refractivity contribution < 1.29 is 24.2 Å². The second-order valence-corrected chi connectivity index (χ2v) is 8.18. The smallest absolute Gasteiger partial charge is 0.335 e.